The van der Waals surface area contributed by atoms with Gasteiger partial charge in [-0.3, -0.25) is 4.79 Å². The number of rotatable bonds is 6. The van der Waals surface area contributed by atoms with Crippen LogP contribution in [-0.2, 0) is 4.79 Å². The van der Waals surface area contributed by atoms with Crippen molar-refractivity contribution in [1.82, 2.24) is 0 Å². The Morgan fingerprint density at radius 1 is 0.870 bits per heavy atom. The number of carbonyl (C=O) groups is 1. The molecule has 0 aromatic heterocycles. The minimum atomic E-state index is -0.481. The molecular formula is C19H19NO3. The number of allylic oxidation sites excluding steroid dienone is 2. The third kappa shape index (κ3) is 4.48. The summed E-state index contributed by atoms with van der Waals surface area (Å²) >= 11 is 0. The van der Waals surface area contributed by atoms with Crippen molar-refractivity contribution < 1.29 is 14.3 Å². The minimum absolute atomic E-state index is 0.481. The molecule has 1 amide bonds. The van der Waals surface area contributed by atoms with Crippen molar-refractivity contribution in [2.45, 2.75) is 0 Å². The van der Waals surface area contributed by atoms with Crippen molar-refractivity contribution in [1.29, 1.82) is 0 Å². The summed E-state index contributed by atoms with van der Waals surface area (Å²) in [5.41, 5.74) is 8.12. The van der Waals surface area contributed by atoms with Crippen LogP contribution in [0.15, 0.2) is 66.8 Å². The van der Waals surface area contributed by atoms with E-state index in [2.05, 4.69) is 0 Å². The fourth-order valence-electron chi connectivity index (χ4n) is 2.14. The second-order valence-electron chi connectivity index (χ2n) is 4.80. The molecule has 0 fully saturated rings. The normalized spacial score (nSPS) is 10.3. The lowest BCUT2D eigenvalue weighted by molar-refractivity contribution is -0.113. The van der Waals surface area contributed by atoms with E-state index in [1.54, 1.807) is 20.3 Å². The van der Waals surface area contributed by atoms with Gasteiger partial charge in [0.15, 0.2) is 0 Å². The molecular weight excluding hydrogens is 290 g/mol. The zero-order valence-electron chi connectivity index (χ0n) is 13.2. The summed E-state index contributed by atoms with van der Waals surface area (Å²) in [6.45, 7) is 0. The molecule has 0 bridgehead atoms. The molecule has 2 rings (SSSR count). The Labute approximate surface area is 135 Å². The van der Waals surface area contributed by atoms with Crippen LogP contribution in [-0.4, -0.2) is 20.1 Å². The molecule has 0 heterocycles. The molecule has 4 nitrogen and oxygen atoms in total. The Morgan fingerprint density at radius 2 is 1.30 bits per heavy atom. The van der Waals surface area contributed by atoms with Crippen LogP contribution in [0.5, 0.6) is 11.5 Å². The fourth-order valence-corrected chi connectivity index (χ4v) is 2.14. The van der Waals surface area contributed by atoms with Crippen molar-refractivity contribution in [2.24, 2.45) is 5.73 Å². The molecule has 0 aliphatic carbocycles. The second-order valence-corrected chi connectivity index (χ2v) is 4.80. The summed E-state index contributed by atoms with van der Waals surface area (Å²) in [7, 11) is 3.26. The Hall–Kier alpha value is -3.01. The fraction of sp³-hybridized carbons (Fsp3) is 0.105. The monoisotopic (exact) mass is 309 g/mol. The Bertz CT molecular complexity index is 664. The van der Waals surface area contributed by atoms with Gasteiger partial charge in [-0.15, -0.1) is 0 Å². The van der Waals surface area contributed by atoms with Crippen molar-refractivity contribution in [3.8, 4) is 11.5 Å². The van der Waals surface area contributed by atoms with E-state index in [1.807, 2.05) is 54.6 Å². The molecule has 0 spiro atoms. The maximum Gasteiger partial charge on any atom is 0.241 e. The molecule has 0 saturated carbocycles. The van der Waals surface area contributed by atoms with Gasteiger partial charge in [-0.2, -0.15) is 0 Å². The van der Waals surface area contributed by atoms with Crippen LogP contribution in [0.4, 0.5) is 0 Å². The summed E-state index contributed by atoms with van der Waals surface area (Å²) in [6, 6.07) is 15.4. The van der Waals surface area contributed by atoms with Gasteiger partial charge in [0.05, 0.1) is 14.2 Å². The topological polar surface area (TPSA) is 61.5 Å². The number of amides is 1. The molecule has 0 unspecified atom stereocenters. The maximum absolute atomic E-state index is 10.9. The van der Waals surface area contributed by atoms with Crippen LogP contribution >= 0.6 is 0 Å². The molecule has 0 aliphatic heterocycles. The summed E-state index contributed by atoms with van der Waals surface area (Å²) in [6.07, 6.45) is 4.83. The van der Waals surface area contributed by atoms with Crippen LogP contribution in [0.1, 0.15) is 11.1 Å². The summed E-state index contributed by atoms with van der Waals surface area (Å²) in [4.78, 5) is 10.9. The summed E-state index contributed by atoms with van der Waals surface area (Å²) < 4.78 is 10.4. The predicted molar refractivity (Wildman–Crippen MR) is 91.4 cm³/mol. The minimum Gasteiger partial charge on any atom is -0.497 e. The van der Waals surface area contributed by atoms with Gasteiger partial charge >= 0.3 is 0 Å². The molecule has 0 saturated heterocycles. The van der Waals surface area contributed by atoms with Gasteiger partial charge in [-0.05, 0) is 41.0 Å². The summed E-state index contributed by atoms with van der Waals surface area (Å²) in [5, 5.41) is 0. The van der Waals surface area contributed by atoms with Gasteiger partial charge in [-0.1, -0.05) is 36.4 Å². The highest BCUT2D eigenvalue weighted by molar-refractivity contribution is 5.87. The van der Waals surface area contributed by atoms with Crippen molar-refractivity contribution in [2.75, 3.05) is 14.2 Å². The smallest absolute Gasteiger partial charge is 0.241 e. The van der Waals surface area contributed by atoms with E-state index in [9.17, 15) is 4.79 Å². The van der Waals surface area contributed by atoms with E-state index in [4.69, 9.17) is 15.2 Å². The highest BCUT2D eigenvalue weighted by Gasteiger charge is 2.05. The first-order chi connectivity index (χ1) is 11.1. The van der Waals surface area contributed by atoms with Gasteiger partial charge in [0.1, 0.15) is 11.5 Å². The highest BCUT2D eigenvalue weighted by Crippen LogP contribution is 2.27. The third-order valence-electron chi connectivity index (χ3n) is 3.33. The molecule has 2 aromatic carbocycles. The Morgan fingerprint density at radius 3 is 1.65 bits per heavy atom. The number of benzene rings is 2. The Balaban J connectivity index is 2.42. The first-order valence-corrected chi connectivity index (χ1v) is 7.10. The number of nitrogens with two attached hydrogens (primary N) is 1. The Kier molecular flexibility index (Phi) is 5.58. The zero-order chi connectivity index (χ0) is 16.7. The van der Waals surface area contributed by atoms with E-state index in [-0.39, 0.29) is 0 Å². The van der Waals surface area contributed by atoms with Crippen molar-refractivity contribution >= 4 is 11.5 Å². The van der Waals surface area contributed by atoms with Crippen LogP contribution in [0, 0.1) is 0 Å². The molecule has 118 valence electrons. The molecule has 0 aliphatic rings. The highest BCUT2D eigenvalue weighted by atomic mass is 16.5. The van der Waals surface area contributed by atoms with Crippen LogP contribution in [0.3, 0.4) is 0 Å². The van der Waals surface area contributed by atoms with E-state index in [0.29, 0.717) is 0 Å². The van der Waals surface area contributed by atoms with Gasteiger partial charge < -0.3 is 15.2 Å². The van der Waals surface area contributed by atoms with Gasteiger partial charge in [0.2, 0.25) is 5.91 Å². The average Bonchev–Trinajstić information content (AvgIpc) is 2.59. The van der Waals surface area contributed by atoms with Crippen molar-refractivity contribution in [3.05, 3.63) is 77.9 Å². The number of methoxy groups -OCH3 is 2. The SMILES string of the molecule is COc1ccc(C(=CC=CC(N)=O)c2ccc(OC)cc2)cc1. The first kappa shape index (κ1) is 16.4. The number of carbonyl (C=O) groups excluding carboxylic acids is 1. The molecule has 4 heteroatoms. The van der Waals surface area contributed by atoms with E-state index in [0.717, 1.165) is 28.2 Å². The van der Waals surface area contributed by atoms with E-state index in [1.165, 1.54) is 6.08 Å². The third-order valence-corrected chi connectivity index (χ3v) is 3.33. The molecule has 2 aromatic rings. The van der Waals surface area contributed by atoms with Gasteiger partial charge in [0.25, 0.3) is 0 Å². The molecule has 2 N–H and O–H groups in total. The lowest BCUT2D eigenvalue weighted by Crippen LogP contribution is -2.05. The average molecular weight is 309 g/mol. The van der Waals surface area contributed by atoms with E-state index < -0.39 is 5.91 Å². The number of ether oxygens (including phenoxy) is 2. The van der Waals surface area contributed by atoms with Crippen LogP contribution < -0.4 is 15.2 Å². The quantitative estimate of drug-likeness (QED) is 0.658. The summed E-state index contributed by atoms with van der Waals surface area (Å²) in [5.74, 6) is 1.09. The largest absolute Gasteiger partial charge is 0.497 e. The second kappa shape index (κ2) is 7.84. The van der Waals surface area contributed by atoms with Crippen molar-refractivity contribution in [3.63, 3.8) is 0 Å². The lowest BCUT2D eigenvalue weighted by Gasteiger charge is -2.10. The first-order valence-electron chi connectivity index (χ1n) is 7.10. The zero-order valence-corrected chi connectivity index (χ0v) is 13.2. The molecule has 23 heavy (non-hydrogen) atoms. The van der Waals surface area contributed by atoms with Gasteiger partial charge in [-0.25, -0.2) is 0 Å². The maximum atomic E-state index is 10.9. The molecule has 0 radical (unpaired) electrons. The number of primary amides is 1. The molecule has 0 atom stereocenters. The predicted octanol–water partition coefficient (Wildman–Crippen LogP) is 3.18. The standard InChI is InChI=1S/C19H19NO3/c1-22-16-10-6-14(7-11-16)18(4-3-5-19(20)21)15-8-12-17(23-2)13-9-15/h3-13H,1-2H3,(H2,20,21). The number of hydrogen-bond acceptors (Lipinski definition) is 3. The van der Waals surface area contributed by atoms with E-state index >= 15 is 0 Å². The van der Waals surface area contributed by atoms with Crippen LogP contribution in [0.2, 0.25) is 0 Å². The van der Waals surface area contributed by atoms with Gasteiger partial charge in [0, 0.05) is 6.08 Å². The lowest BCUT2D eigenvalue weighted by atomic mass is 9.97. The van der Waals surface area contributed by atoms with Crippen LogP contribution in [0.25, 0.3) is 5.57 Å². The number of hydrogen-bond donors (Lipinski definition) is 1.